The molecule has 1 aliphatic heterocycles. The summed E-state index contributed by atoms with van der Waals surface area (Å²) in [5.41, 5.74) is 0. The van der Waals surface area contributed by atoms with E-state index < -0.39 is 0 Å². The van der Waals surface area contributed by atoms with Gasteiger partial charge in [-0.25, -0.2) is 0 Å². The molecule has 2 aromatic heterocycles. The molecule has 1 aliphatic rings. The predicted molar refractivity (Wildman–Crippen MR) is 79.2 cm³/mol. The van der Waals surface area contributed by atoms with Crippen LogP contribution >= 0.6 is 0 Å². The molecule has 0 spiro atoms. The lowest BCUT2D eigenvalue weighted by molar-refractivity contribution is -0.0265. The van der Waals surface area contributed by atoms with Gasteiger partial charge < -0.3 is 14.5 Å². The van der Waals surface area contributed by atoms with E-state index in [2.05, 4.69) is 30.6 Å². The zero-order chi connectivity index (χ0) is 15.2. The lowest BCUT2D eigenvalue weighted by Gasteiger charge is -2.32. The second-order valence-electron chi connectivity index (χ2n) is 5.16. The van der Waals surface area contributed by atoms with Crippen LogP contribution < -0.4 is 5.32 Å². The topological polar surface area (TPSA) is 89.2 Å². The van der Waals surface area contributed by atoms with Gasteiger partial charge in [0.15, 0.2) is 0 Å². The van der Waals surface area contributed by atoms with E-state index >= 15 is 0 Å². The highest BCUT2D eigenvalue weighted by atomic mass is 16.5. The average Bonchev–Trinajstić information content (AvgIpc) is 3.02. The predicted octanol–water partition coefficient (Wildman–Crippen LogP) is 0.735. The molecule has 3 rings (SSSR count). The number of aromatic nitrogens is 4. The van der Waals surface area contributed by atoms with Gasteiger partial charge in [-0.1, -0.05) is 6.92 Å². The van der Waals surface area contributed by atoms with Gasteiger partial charge in [0.1, 0.15) is 5.82 Å². The van der Waals surface area contributed by atoms with Gasteiger partial charge in [-0.3, -0.25) is 4.90 Å². The Morgan fingerprint density at radius 2 is 2.23 bits per heavy atom. The second-order valence-corrected chi connectivity index (χ2v) is 5.16. The fourth-order valence-electron chi connectivity index (χ4n) is 2.35. The summed E-state index contributed by atoms with van der Waals surface area (Å²) in [6, 6.07) is 3.74. The van der Waals surface area contributed by atoms with Crippen LogP contribution in [0.5, 0.6) is 0 Å². The first-order valence-corrected chi connectivity index (χ1v) is 7.50. The van der Waals surface area contributed by atoms with Gasteiger partial charge in [0.25, 0.3) is 0 Å². The van der Waals surface area contributed by atoms with Gasteiger partial charge in [-0.15, -0.1) is 15.3 Å². The number of rotatable bonds is 6. The molecule has 1 fully saturated rings. The molecule has 118 valence electrons. The van der Waals surface area contributed by atoms with Crippen LogP contribution in [0.25, 0.3) is 0 Å². The Balaban J connectivity index is 1.48. The van der Waals surface area contributed by atoms with Crippen LogP contribution in [0.3, 0.4) is 0 Å². The molecule has 1 N–H and O–H groups in total. The highest BCUT2D eigenvalue weighted by Gasteiger charge is 2.22. The normalized spacial score (nSPS) is 19.2. The minimum atomic E-state index is 0.101. The summed E-state index contributed by atoms with van der Waals surface area (Å²) in [7, 11) is 0. The Kier molecular flexibility index (Phi) is 4.92. The minimum Gasteiger partial charge on any atom is -0.424 e. The molecule has 1 saturated heterocycles. The molecule has 0 amide bonds. The molecule has 0 unspecified atom stereocenters. The van der Waals surface area contributed by atoms with E-state index in [9.17, 15) is 0 Å². The van der Waals surface area contributed by atoms with Crippen LogP contribution in [0.1, 0.15) is 18.7 Å². The molecule has 2 aromatic rings. The van der Waals surface area contributed by atoms with Crippen molar-refractivity contribution in [2.45, 2.75) is 26.0 Å². The van der Waals surface area contributed by atoms with E-state index in [0.717, 1.165) is 25.3 Å². The van der Waals surface area contributed by atoms with Crippen LogP contribution in [0, 0.1) is 0 Å². The van der Waals surface area contributed by atoms with Crippen LogP contribution in [-0.4, -0.2) is 57.6 Å². The van der Waals surface area contributed by atoms with E-state index in [0.29, 0.717) is 31.5 Å². The van der Waals surface area contributed by atoms with Crippen molar-refractivity contribution in [3.05, 3.63) is 30.1 Å². The van der Waals surface area contributed by atoms with Gasteiger partial charge in [-0.05, 0) is 12.1 Å². The molecule has 3 heterocycles. The number of anilines is 1. The number of hydrogen-bond acceptors (Lipinski definition) is 8. The van der Waals surface area contributed by atoms with E-state index in [1.165, 1.54) is 0 Å². The largest absolute Gasteiger partial charge is 0.424 e. The fourth-order valence-corrected chi connectivity index (χ4v) is 2.35. The highest BCUT2D eigenvalue weighted by Crippen LogP contribution is 2.11. The number of morpholine rings is 1. The summed E-state index contributed by atoms with van der Waals surface area (Å²) in [6.07, 6.45) is 2.52. The molecule has 0 aromatic carbocycles. The van der Waals surface area contributed by atoms with Crippen LogP contribution in [0.2, 0.25) is 0 Å². The van der Waals surface area contributed by atoms with Crippen LogP contribution in [-0.2, 0) is 17.7 Å². The minimum absolute atomic E-state index is 0.101. The second kappa shape index (κ2) is 7.28. The Morgan fingerprint density at radius 1 is 1.32 bits per heavy atom. The van der Waals surface area contributed by atoms with E-state index in [4.69, 9.17) is 9.15 Å². The molecule has 0 saturated carbocycles. The molecule has 8 heteroatoms. The number of hydrogen-bond donors (Lipinski definition) is 1. The highest BCUT2D eigenvalue weighted by molar-refractivity contribution is 5.31. The van der Waals surface area contributed by atoms with Gasteiger partial charge in [-0.2, -0.15) is 5.10 Å². The first kappa shape index (κ1) is 14.9. The molecule has 0 bridgehead atoms. The Hall–Kier alpha value is -2.06. The van der Waals surface area contributed by atoms with Gasteiger partial charge in [0, 0.05) is 32.3 Å². The summed E-state index contributed by atoms with van der Waals surface area (Å²) in [5, 5.41) is 19.1. The lowest BCUT2D eigenvalue weighted by Crippen LogP contribution is -2.44. The zero-order valence-electron chi connectivity index (χ0n) is 12.6. The van der Waals surface area contributed by atoms with Crippen LogP contribution in [0.15, 0.2) is 22.7 Å². The molecule has 1 atom stereocenters. The van der Waals surface area contributed by atoms with E-state index in [-0.39, 0.29) is 6.10 Å². The lowest BCUT2D eigenvalue weighted by atomic mass is 10.2. The SMILES string of the molecule is CCc1nnc(CN2CCO[C@@H](CNc3cccnn3)C2)o1. The molecule has 22 heavy (non-hydrogen) atoms. The maximum Gasteiger partial charge on any atom is 0.230 e. The van der Waals surface area contributed by atoms with Crippen molar-refractivity contribution in [1.29, 1.82) is 0 Å². The van der Waals surface area contributed by atoms with E-state index in [1.54, 1.807) is 6.20 Å². The van der Waals surface area contributed by atoms with Crippen molar-refractivity contribution >= 4 is 5.82 Å². The standard InChI is InChI=1S/C14H20N6O2/c1-2-13-18-19-14(22-13)10-20-6-7-21-11(9-20)8-15-12-4-3-5-16-17-12/h3-5,11H,2,6-10H2,1H3,(H,15,17)/t11-/m0/s1. The van der Waals surface area contributed by atoms with Gasteiger partial charge in [0.05, 0.1) is 19.3 Å². The Labute approximate surface area is 128 Å². The molecule has 8 nitrogen and oxygen atoms in total. The number of nitrogens with one attached hydrogen (secondary N) is 1. The maximum absolute atomic E-state index is 5.78. The quantitative estimate of drug-likeness (QED) is 0.835. The molecular weight excluding hydrogens is 284 g/mol. The molecule has 0 radical (unpaired) electrons. The zero-order valence-corrected chi connectivity index (χ0v) is 12.6. The third-order valence-electron chi connectivity index (χ3n) is 3.48. The summed E-state index contributed by atoms with van der Waals surface area (Å²) < 4.78 is 11.3. The Morgan fingerprint density at radius 3 is 3.00 bits per heavy atom. The van der Waals surface area contributed by atoms with Gasteiger partial charge >= 0.3 is 0 Å². The number of nitrogens with zero attached hydrogens (tertiary/aromatic N) is 5. The summed E-state index contributed by atoms with van der Waals surface area (Å²) >= 11 is 0. The summed E-state index contributed by atoms with van der Waals surface area (Å²) in [4.78, 5) is 2.26. The fraction of sp³-hybridized carbons (Fsp3) is 0.571. The van der Waals surface area contributed by atoms with E-state index in [1.807, 2.05) is 19.1 Å². The third-order valence-corrected chi connectivity index (χ3v) is 3.48. The van der Waals surface area contributed by atoms with Crippen molar-refractivity contribution in [3.8, 4) is 0 Å². The number of aryl methyl sites for hydroxylation is 1. The summed E-state index contributed by atoms with van der Waals surface area (Å²) in [5.74, 6) is 2.11. The smallest absolute Gasteiger partial charge is 0.230 e. The van der Waals surface area contributed by atoms with Crippen molar-refractivity contribution in [1.82, 2.24) is 25.3 Å². The maximum atomic E-state index is 5.78. The van der Waals surface area contributed by atoms with Crippen molar-refractivity contribution in [2.24, 2.45) is 0 Å². The van der Waals surface area contributed by atoms with Crippen molar-refractivity contribution < 1.29 is 9.15 Å². The first-order valence-electron chi connectivity index (χ1n) is 7.50. The molecular formula is C14H20N6O2. The average molecular weight is 304 g/mol. The Bertz CT molecular complexity index is 576. The molecule has 0 aliphatic carbocycles. The van der Waals surface area contributed by atoms with Gasteiger partial charge in [0.2, 0.25) is 11.8 Å². The third kappa shape index (κ3) is 3.99. The van der Waals surface area contributed by atoms with Crippen molar-refractivity contribution in [2.75, 3.05) is 31.6 Å². The monoisotopic (exact) mass is 304 g/mol. The van der Waals surface area contributed by atoms with Crippen molar-refractivity contribution in [3.63, 3.8) is 0 Å². The first-order chi connectivity index (χ1) is 10.8. The summed E-state index contributed by atoms with van der Waals surface area (Å²) in [6.45, 7) is 5.74. The van der Waals surface area contributed by atoms with Crippen LogP contribution in [0.4, 0.5) is 5.82 Å². The number of ether oxygens (including phenoxy) is 1.